The Morgan fingerprint density at radius 2 is 2.09 bits per heavy atom. The van der Waals surface area contributed by atoms with Gasteiger partial charge in [-0.3, -0.25) is 9.36 Å². The van der Waals surface area contributed by atoms with E-state index in [1.165, 1.54) is 31.0 Å². The van der Waals surface area contributed by atoms with Crippen LogP contribution >= 0.6 is 23.4 Å². The van der Waals surface area contributed by atoms with Crippen molar-refractivity contribution in [2.75, 3.05) is 5.75 Å². The number of thioether (sulfide) groups is 1. The summed E-state index contributed by atoms with van der Waals surface area (Å²) in [7, 11) is 0. The summed E-state index contributed by atoms with van der Waals surface area (Å²) >= 11 is 7.46. The standard InChI is InChI=1S/C16H19ClN4OS/c17-12-7-4-8-13(9-12)21-15(11-5-2-1-3-6-11)19-20-16(21)23-10-14(18)22/h4,7-9,11H,1-3,5-6,10H2,(H2,18,22). The zero-order chi connectivity index (χ0) is 16.2. The van der Waals surface area contributed by atoms with Gasteiger partial charge in [-0.15, -0.1) is 10.2 Å². The average molecular weight is 351 g/mol. The molecule has 0 radical (unpaired) electrons. The first-order chi connectivity index (χ1) is 11.1. The van der Waals surface area contributed by atoms with E-state index in [2.05, 4.69) is 10.2 Å². The molecule has 0 aliphatic heterocycles. The van der Waals surface area contributed by atoms with Crippen LogP contribution in [0.2, 0.25) is 5.02 Å². The third kappa shape index (κ3) is 3.87. The molecule has 23 heavy (non-hydrogen) atoms. The van der Waals surface area contributed by atoms with E-state index < -0.39 is 0 Å². The Balaban J connectivity index is 2.00. The number of primary amides is 1. The molecule has 7 heteroatoms. The first kappa shape index (κ1) is 16.3. The second kappa shape index (κ2) is 7.36. The van der Waals surface area contributed by atoms with Crippen LogP contribution in [0.25, 0.3) is 5.69 Å². The van der Waals surface area contributed by atoms with Crippen molar-refractivity contribution in [2.45, 2.75) is 43.2 Å². The molecular weight excluding hydrogens is 332 g/mol. The van der Waals surface area contributed by atoms with Crippen LogP contribution < -0.4 is 5.73 Å². The molecule has 1 aromatic heterocycles. The summed E-state index contributed by atoms with van der Waals surface area (Å²) in [5.74, 6) is 1.18. The van der Waals surface area contributed by atoms with Gasteiger partial charge in [0.2, 0.25) is 5.91 Å². The molecule has 0 spiro atoms. The summed E-state index contributed by atoms with van der Waals surface area (Å²) in [5.41, 5.74) is 6.19. The minimum Gasteiger partial charge on any atom is -0.369 e. The lowest BCUT2D eigenvalue weighted by Gasteiger charge is -2.22. The number of rotatable bonds is 5. The van der Waals surface area contributed by atoms with Crippen molar-refractivity contribution in [2.24, 2.45) is 5.73 Å². The fraction of sp³-hybridized carbons (Fsp3) is 0.438. The number of nitrogens with two attached hydrogens (primary N) is 1. The van der Waals surface area contributed by atoms with Crippen LogP contribution in [0.4, 0.5) is 0 Å². The van der Waals surface area contributed by atoms with Crippen molar-refractivity contribution in [1.82, 2.24) is 14.8 Å². The summed E-state index contributed by atoms with van der Waals surface area (Å²) < 4.78 is 2.02. The predicted octanol–water partition coefficient (Wildman–Crippen LogP) is 3.55. The van der Waals surface area contributed by atoms with Crippen LogP contribution in [-0.4, -0.2) is 26.4 Å². The van der Waals surface area contributed by atoms with Crippen LogP contribution in [0, 0.1) is 0 Å². The highest BCUT2D eigenvalue weighted by molar-refractivity contribution is 7.99. The number of aromatic nitrogens is 3. The van der Waals surface area contributed by atoms with Gasteiger partial charge in [0.25, 0.3) is 0 Å². The lowest BCUT2D eigenvalue weighted by Crippen LogP contribution is -2.15. The minimum absolute atomic E-state index is 0.184. The number of carbonyl (C=O) groups excluding carboxylic acids is 1. The Morgan fingerprint density at radius 1 is 1.30 bits per heavy atom. The highest BCUT2D eigenvalue weighted by Gasteiger charge is 2.24. The van der Waals surface area contributed by atoms with Gasteiger partial charge in [0.05, 0.1) is 11.4 Å². The van der Waals surface area contributed by atoms with E-state index >= 15 is 0 Å². The highest BCUT2D eigenvalue weighted by atomic mass is 35.5. The lowest BCUT2D eigenvalue weighted by atomic mass is 9.88. The zero-order valence-corrected chi connectivity index (χ0v) is 14.3. The van der Waals surface area contributed by atoms with Crippen LogP contribution in [-0.2, 0) is 4.79 Å². The second-order valence-electron chi connectivity index (χ2n) is 5.75. The molecule has 0 atom stereocenters. The maximum atomic E-state index is 11.1. The predicted molar refractivity (Wildman–Crippen MR) is 92.1 cm³/mol. The van der Waals surface area contributed by atoms with E-state index in [0.717, 1.165) is 24.4 Å². The molecule has 1 fully saturated rings. The summed E-state index contributed by atoms with van der Waals surface area (Å²) in [6.07, 6.45) is 5.97. The fourth-order valence-electron chi connectivity index (χ4n) is 2.99. The zero-order valence-electron chi connectivity index (χ0n) is 12.7. The molecule has 5 nitrogen and oxygen atoms in total. The Morgan fingerprint density at radius 3 is 2.78 bits per heavy atom. The topological polar surface area (TPSA) is 73.8 Å². The smallest absolute Gasteiger partial charge is 0.227 e. The Kier molecular flexibility index (Phi) is 5.23. The molecule has 1 amide bonds. The largest absolute Gasteiger partial charge is 0.369 e. The number of hydrogen-bond acceptors (Lipinski definition) is 4. The van der Waals surface area contributed by atoms with E-state index in [9.17, 15) is 4.79 Å². The highest BCUT2D eigenvalue weighted by Crippen LogP contribution is 2.35. The molecule has 0 bridgehead atoms. The molecular formula is C16H19ClN4OS. The van der Waals surface area contributed by atoms with Gasteiger partial charge in [0, 0.05) is 10.9 Å². The van der Waals surface area contributed by atoms with E-state index in [4.69, 9.17) is 17.3 Å². The number of amides is 1. The van der Waals surface area contributed by atoms with Gasteiger partial charge in [-0.1, -0.05) is 48.7 Å². The van der Waals surface area contributed by atoms with Gasteiger partial charge >= 0.3 is 0 Å². The average Bonchev–Trinajstić information content (AvgIpc) is 2.97. The van der Waals surface area contributed by atoms with E-state index in [1.54, 1.807) is 0 Å². The SMILES string of the molecule is NC(=O)CSc1nnc(C2CCCCC2)n1-c1cccc(Cl)c1. The fourth-order valence-corrected chi connectivity index (χ4v) is 3.88. The van der Waals surface area contributed by atoms with Crippen LogP contribution in [0.3, 0.4) is 0 Å². The molecule has 1 aliphatic rings. The third-order valence-corrected chi connectivity index (χ3v) is 5.23. The molecule has 0 unspecified atom stereocenters. The van der Waals surface area contributed by atoms with Crippen molar-refractivity contribution in [3.05, 3.63) is 35.1 Å². The summed E-state index contributed by atoms with van der Waals surface area (Å²) in [6, 6.07) is 7.62. The quantitative estimate of drug-likeness (QED) is 0.837. The van der Waals surface area contributed by atoms with Gasteiger partial charge in [0.1, 0.15) is 5.82 Å². The Bertz CT molecular complexity index is 697. The molecule has 2 aromatic rings. The summed E-state index contributed by atoms with van der Waals surface area (Å²) in [5, 5.41) is 10.1. The van der Waals surface area contributed by atoms with Crippen LogP contribution in [0.1, 0.15) is 43.8 Å². The minimum atomic E-state index is -0.366. The molecule has 3 rings (SSSR count). The van der Waals surface area contributed by atoms with Crippen molar-refractivity contribution >= 4 is 29.3 Å². The van der Waals surface area contributed by atoms with Gasteiger partial charge in [0.15, 0.2) is 5.16 Å². The molecule has 122 valence electrons. The van der Waals surface area contributed by atoms with E-state index in [0.29, 0.717) is 16.1 Å². The van der Waals surface area contributed by atoms with Gasteiger partial charge in [-0.25, -0.2) is 0 Å². The third-order valence-electron chi connectivity index (χ3n) is 4.04. The van der Waals surface area contributed by atoms with Gasteiger partial charge in [-0.05, 0) is 31.0 Å². The maximum Gasteiger partial charge on any atom is 0.227 e. The molecule has 1 heterocycles. The molecule has 1 aliphatic carbocycles. The number of halogens is 1. The van der Waals surface area contributed by atoms with Gasteiger partial charge in [-0.2, -0.15) is 0 Å². The molecule has 0 saturated heterocycles. The van der Waals surface area contributed by atoms with E-state index in [-0.39, 0.29) is 11.7 Å². The summed E-state index contributed by atoms with van der Waals surface area (Å²) in [4.78, 5) is 11.1. The van der Waals surface area contributed by atoms with E-state index in [1.807, 2.05) is 28.8 Å². The lowest BCUT2D eigenvalue weighted by molar-refractivity contribution is -0.115. The number of benzene rings is 1. The van der Waals surface area contributed by atoms with Crippen molar-refractivity contribution in [3.63, 3.8) is 0 Å². The number of nitrogens with zero attached hydrogens (tertiary/aromatic N) is 3. The van der Waals surface area contributed by atoms with Crippen molar-refractivity contribution < 1.29 is 4.79 Å². The van der Waals surface area contributed by atoms with Crippen molar-refractivity contribution in [1.29, 1.82) is 0 Å². The summed E-state index contributed by atoms with van der Waals surface area (Å²) in [6.45, 7) is 0. The molecule has 1 saturated carbocycles. The maximum absolute atomic E-state index is 11.1. The number of carbonyl (C=O) groups is 1. The first-order valence-electron chi connectivity index (χ1n) is 7.77. The van der Waals surface area contributed by atoms with Crippen LogP contribution in [0.15, 0.2) is 29.4 Å². The Hall–Kier alpha value is -1.53. The van der Waals surface area contributed by atoms with Crippen LogP contribution in [0.5, 0.6) is 0 Å². The normalized spacial score (nSPS) is 15.7. The second-order valence-corrected chi connectivity index (χ2v) is 7.12. The monoisotopic (exact) mass is 350 g/mol. The first-order valence-corrected chi connectivity index (χ1v) is 9.14. The van der Waals surface area contributed by atoms with Crippen molar-refractivity contribution in [3.8, 4) is 5.69 Å². The molecule has 2 N–H and O–H groups in total. The van der Waals surface area contributed by atoms with Gasteiger partial charge < -0.3 is 5.73 Å². The Labute approximate surface area is 144 Å². The molecule has 1 aromatic carbocycles. The number of hydrogen-bond donors (Lipinski definition) is 1.